The average Bonchev–Trinajstić information content (AvgIpc) is 3.49. The molecule has 0 aliphatic carbocycles. The number of nitrogen functional groups attached to an aromatic ring is 1. The molecule has 1 atom stereocenters. The van der Waals surface area contributed by atoms with Crippen LogP contribution in [0.5, 0.6) is 5.75 Å². The smallest absolute Gasteiger partial charge is 0.178 e. The third-order valence-corrected chi connectivity index (χ3v) is 5.82. The number of hydrogen-bond donors (Lipinski definition) is 4. The van der Waals surface area contributed by atoms with Gasteiger partial charge in [-0.3, -0.25) is 4.68 Å². The summed E-state index contributed by atoms with van der Waals surface area (Å²) in [5.41, 5.74) is 11.6. The molecular weight excluding hydrogens is 428 g/mol. The Hall–Kier alpha value is -4.24. The van der Waals surface area contributed by atoms with Crippen LogP contribution >= 0.6 is 0 Å². The molecule has 0 bridgehead atoms. The molecule has 5 N–H and O–H groups in total. The van der Waals surface area contributed by atoms with E-state index in [-0.39, 0.29) is 11.7 Å². The zero-order valence-corrected chi connectivity index (χ0v) is 18.6. The third kappa shape index (κ3) is 4.89. The molecule has 0 amide bonds. The zero-order valence-electron chi connectivity index (χ0n) is 18.6. The number of hydrogen-bond acceptors (Lipinski definition) is 7. The van der Waals surface area contributed by atoms with E-state index in [0.717, 1.165) is 36.2 Å². The van der Waals surface area contributed by atoms with Gasteiger partial charge in [-0.15, -0.1) is 5.10 Å². The van der Waals surface area contributed by atoms with Crippen LogP contribution in [0.2, 0.25) is 0 Å². The average molecular weight is 455 g/mol. The van der Waals surface area contributed by atoms with Crippen molar-refractivity contribution in [1.82, 2.24) is 35.5 Å². The Morgan fingerprint density at radius 2 is 1.91 bits per heavy atom. The van der Waals surface area contributed by atoms with E-state index in [0.29, 0.717) is 23.5 Å². The number of aromatic hydroxyl groups is 1. The van der Waals surface area contributed by atoms with Crippen molar-refractivity contribution < 1.29 is 5.11 Å². The third-order valence-electron chi connectivity index (χ3n) is 5.82. The van der Waals surface area contributed by atoms with Crippen LogP contribution in [0.1, 0.15) is 34.6 Å². The normalized spacial score (nSPS) is 12.2. The molecule has 0 saturated carbocycles. The van der Waals surface area contributed by atoms with E-state index in [4.69, 9.17) is 5.73 Å². The first kappa shape index (κ1) is 21.6. The number of pyridine rings is 1. The van der Waals surface area contributed by atoms with E-state index in [2.05, 4.69) is 42.9 Å². The van der Waals surface area contributed by atoms with E-state index < -0.39 is 0 Å². The van der Waals surface area contributed by atoms with Crippen LogP contribution in [0, 0.1) is 0 Å². The standard InChI is InChI=1S/C25H26N8O/c26-23-12-22(24-25(29-23)31-32-30-24)21(9-10-27-13-17-5-2-1-3-6-17)19-14-28-33(16-19)15-18-7-4-8-20(34)11-18/h1-8,11-12,14,16,21,27,34H,9-10,13,15H2,(H3,26,29,30,31,32). The number of fused-ring (bicyclic) bond motifs is 1. The summed E-state index contributed by atoms with van der Waals surface area (Å²) in [7, 11) is 0. The number of rotatable bonds is 9. The van der Waals surface area contributed by atoms with E-state index in [1.165, 1.54) is 5.56 Å². The second-order valence-corrected chi connectivity index (χ2v) is 8.29. The maximum Gasteiger partial charge on any atom is 0.178 e. The molecule has 5 rings (SSSR count). The van der Waals surface area contributed by atoms with E-state index in [1.807, 2.05) is 53.5 Å². The second kappa shape index (κ2) is 9.72. The zero-order chi connectivity index (χ0) is 23.3. The number of nitrogens with zero attached hydrogens (tertiary/aromatic N) is 5. The lowest BCUT2D eigenvalue weighted by Crippen LogP contribution is -2.18. The van der Waals surface area contributed by atoms with Crippen molar-refractivity contribution in [3.05, 3.63) is 95.3 Å². The van der Waals surface area contributed by atoms with Gasteiger partial charge in [0.15, 0.2) is 5.65 Å². The molecule has 0 saturated heterocycles. The Morgan fingerprint density at radius 3 is 2.76 bits per heavy atom. The summed E-state index contributed by atoms with van der Waals surface area (Å²) in [6.45, 7) is 2.15. The lowest BCUT2D eigenvalue weighted by atomic mass is 9.90. The molecule has 0 aliphatic rings. The molecule has 3 heterocycles. The summed E-state index contributed by atoms with van der Waals surface area (Å²) in [5.74, 6) is 0.662. The SMILES string of the molecule is Nc1cc(C(CCNCc2ccccc2)c2cnn(Cc3cccc(O)c3)c2)c2nn[nH]c2n1. The fraction of sp³-hybridized carbons (Fsp3) is 0.200. The van der Waals surface area contributed by atoms with Crippen molar-refractivity contribution in [1.29, 1.82) is 0 Å². The fourth-order valence-electron chi connectivity index (χ4n) is 4.21. The number of phenols is 1. The highest BCUT2D eigenvalue weighted by Gasteiger charge is 2.21. The maximum atomic E-state index is 9.77. The molecule has 0 fully saturated rings. The maximum absolute atomic E-state index is 9.77. The van der Waals surface area contributed by atoms with Crippen LogP contribution in [-0.4, -0.2) is 41.8 Å². The van der Waals surface area contributed by atoms with Gasteiger partial charge in [0.2, 0.25) is 0 Å². The quantitative estimate of drug-likeness (QED) is 0.252. The van der Waals surface area contributed by atoms with Gasteiger partial charge < -0.3 is 16.2 Å². The molecule has 0 radical (unpaired) electrons. The van der Waals surface area contributed by atoms with Crippen molar-refractivity contribution in [2.75, 3.05) is 12.3 Å². The first-order valence-electron chi connectivity index (χ1n) is 11.2. The Morgan fingerprint density at radius 1 is 1.06 bits per heavy atom. The molecule has 2 aromatic carbocycles. The minimum absolute atomic E-state index is 0.000834. The van der Waals surface area contributed by atoms with Gasteiger partial charge in [-0.05, 0) is 53.4 Å². The van der Waals surface area contributed by atoms with Crippen LogP contribution in [0.15, 0.2) is 73.1 Å². The van der Waals surface area contributed by atoms with Gasteiger partial charge in [0.05, 0.1) is 12.7 Å². The summed E-state index contributed by atoms with van der Waals surface area (Å²) in [4.78, 5) is 4.31. The van der Waals surface area contributed by atoms with Gasteiger partial charge in [-0.25, -0.2) is 10.1 Å². The minimum atomic E-state index is -0.000834. The van der Waals surface area contributed by atoms with Gasteiger partial charge >= 0.3 is 0 Å². The highest BCUT2D eigenvalue weighted by Crippen LogP contribution is 2.32. The van der Waals surface area contributed by atoms with Crippen molar-refractivity contribution in [2.45, 2.75) is 25.4 Å². The summed E-state index contributed by atoms with van der Waals surface area (Å²) in [6, 6.07) is 19.4. The monoisotopic (exact) mass is 454 g/mol. The first-order valence-corrected chi connectivity index (χ1v) is 11.2. The van der Waals surface area contributed by atoms with Gasteiger partial charge in [-0.2, -0.15) is 5.10 Å². The molecule has 172 valence electrons. The molecule has 9 heteroatoms. The number of H-pyrrole nitrogens is 1. The summed E-state index contributed by atoms with van der Waals surface area (Å²) in [5, 5.41) is 28.9. The number of anilines is 1. The summed E-state index contributed by atoms with van der Waals surface area (Å²) < 4.78 is 1.87. The highest BCUT2D eigenvalue weighted by atomic mass is 16.3. The van der Waals surface area contributed by atoms with Crippen molar-refractivity contribution in [3.63, 3.8) is 0 Å². The predicted octanol–water partition coefficient (Wildman–Crippen LogP) is 3.20. The number of benzene rings is 2. The largest absolute Gasteiger partial charge is 0.508 e. The van der Waals surface area contributed by atoms with Gasteiger partial charge in [0, 0.05) is 18.7 Å². The molecule has 34 heavy (non-hydrogen) atoms. The van der Waals surface area contributed by atoms with Crippen LogP contribution < -0.4 is 11.1 Å². The molecule has 1 unspecified atom stereocenters. The number of phenolic OH excluding ortho intramolecular Hbond substituents is 1. The van der Waals surface area contributed by atoms with Crippen LogP contribution in [0.4, 0.5) is 5.82 Å². The van der Waals surface area contributed by atoms with E-state index in [9.17, 15) is 5.11 Å². The molecular formula is C25H26N8O. The minimum Gasteiger partial charge on any atom is -0.508 e. The first-order chi connectivity index (χ1) is 16.7. The van der Waals surface area contributed by atoms with Gasteiger partial charge in [0.25, 0.3) is 0 Å². The molecule has 5 aromatic rings. The van der Waals surface area contributed by atoms with Gasteiger partial charge in [-0.1, -0.05) is 47.7 Å². The highest BCUT2D eigenvalue weighted by molar-refractivity contribution is 5.77. The molecule has 3 aromatic heterocycles. The second-order valence-electron chi connectivity index (χ2n) is 8.29. The van der Waals surface area contributed by atoms with Crippen LogP contribution in [0.25, 0.3) is 11.2 Å². The van der Waals surface area contributed by atoms with Crippen LogP contribution in [-0.2, 0) is 13.1 Å². The topological polar surface area (TPSA) is 131 Å². The van der Waals surface area contributed by atoms with E-state index in [1.54, 1.807) is 12.1 Å². The number of nitrogens with one attached hydrogen (secondary N) is 2. The van der Waals surface area contributed by atoms with Crippen molar-refractivity contribution in [2.24, 2.45) is 0 Å². The molecule has 0 spiro atoms. The Labute approximate surface area is 196 Å². The summed E-state index contributed by atoms with van der Waals surface area (Å²) in [6.07, 6.45) is 4.73. The Bertz CT molecular complexity index is 1380. The molecule has 9 nitrogen and oxygen atoms in total. The van der Waals surface area contributed by atoms with Crippen molar-refractivity contribution >= 4 is 17.0 Å². The van der Waals surface area contributed by atoms with Gasteiger partial charge in [0.1, 0.15) is 17.1 Å². The number of aromatic amines is 1. The Kier molecular flexibility index (Phi) is 6.17. The van der Waals surface area contributed by atoms with E-state index >= 15 is 0 Å². The van der Waals surface area contributed by atoms with Crippen molar-refractivity contribution in [3.8, 4) is 5.75 Å². The lowest BCUT2D eigenvalue weighted by molar-refractivity contribution is 0.474. The number of aromatic nitrogens is 6. The molecule has 0 aliphatic heterocycles. The fourth-order valence-corrected chi connectivity index (χ4v) is 4.21. The lowest BCUT2D eigenvalue weighted by Gasteiger charge is -2.17. The van der Waals surface area contributed by atoms with Crippen LogP contribution in [0.3, 0.4) is 0 Å². The predicted molar refractivity (Wildman–Crippen MR) is 130 cm³/mol. The summed E-state index contributed by atoms with van der Waals surface area (Å²) >= 11 is 0. The Balaban J connectivity index is 1.40. The number of nitrogens with two attached hydrogens (primary N) is 1.